The Morgan fingerprint density at radius 1 is 1.54 bits per heavy atom. The number of rotatable bonds is 1. The van der Waals surface area contributed by atoms with E-state index in [4.69, 9.17) is 0 Å². The lowest BCUT2D eigenvalue weighted by Gasteiger charge is -1.97. The van der Waals surface area contributed by atoms with Crippen molar-refractivity contribution in [3.8, 4) is 0 Å². The summed E-state index contributed by atoms with van der Waals surface area (Å²) in [4.78, 5) is 21.9. The molecular formula is C8H7N3O2. The van der Waals surface area contributed by atoms with Gasteiger partial charge in [-0.15, -0.1) is 0 Å². The Kier molecular flexibility index (Phi) is 1.70. The molecular weight excluding hydrogens is 170 g/mol. The molecule has 0 fully saturated rings. The van der Waals surface area contributed by atoms with Gasteiger partial charge in [-0.3, -0.25) is 0 Å². The van der Waals surface area contributed by atoms with Crippen LogP contribution >= 0.6 is 0 Å². The van der Waals surface area contributed by atoms with E-state index in [9.17, 15) is 4.79 Å². The summed E-state index contributed by atoms with van der Waals surface area (Å²) in [6, 6.07) is 1.77. The van der Waals surface area contributed by atoms with Crippen LogP contribution in [0.2, 0.25) is 0 Å². The minimum absolute atomic E-state index is 0.262. The fourth-order valence-electron chi connectivity index (χ4n) is 1.12. The molecule has 0 aromatic carbocycles. The van der Waals surface area contributed by atoms with E-state index < -0.39 is 5.97 Å². The van der Waals surface area contributed by atoms with Crippen LogP contribution in [0.25, 0.3) is 11.0 Å². The molecule has 0 saturated heterocycles. The molecule has 1 N–H and O–H groups in total. The zero-order chi connectivity index (χ0) is 9.26. The van der Waals surface area contributed by atoms with E-state index >= 15 is 0 Å². The molecule has 2 aromatic rings. The summed E-state index contributed by atoms with van der Waals surface area (Å²) in [5.41, 5.74) is 1.57. The van der Waals surface area contributed by atoms with Crippen molar-refractivity contribution in [2.45, 2.75) is 0 Å². The number of aromatic amines is 1. The highest BCUT2D eigenvalue weighted by Crippen LogP contribution is 2.12. The van der Waals surface area contributed by atoms with Gasteiger partial charge in [0.2, 0.25) is 0 Å². The second-order valence-corrected chi connectivity index (χ2v) is 2.45. The molecule has 0 aliphatic carbocycles. The van der Waals surface area contributed by atoms with Crippen LogP contribution in [0.3, 0.4) is 0 Å². The third-order valence-electron chi connectivity index (χ3n) is 1.72. The van der Waals surface area contributed by atoms with E-state index in [0.29, 0.717) is 11.0 Å². The molecule has 0 aliphatic rings. The number of ether oxygens (including phenoxy) is 1. The van der Waals surface area contributed by atoms with Gasteiger partial charge in [-0.25, -0.2) is 14.8 Å². The summed E-state index contributed by atoms with van der Waals surface area (Å²) in [6.45, 7) is 0. The largest absolute Gasteiger partial charge is 0.464 e. The molecule has 0 bridgehead atoms. The van der Waals surface area contributed by atoms with Gasteiger partial charge < -0.3 is 9.72 Å². The Morgan fingerprint density at radius 2 is 2.38 bits per heavy atom. The van der Waals surface area contributed by atoms with Gasteiger partial charge in [-0.1, -0.05) is 0 Å². The van der Waals surface area contributed by atoms with E-state index in [0.717, 1.165) is 0 Å². The van der Waals surface area contributed by atoms with Gasteiger partial charge in [0.1, 0.15) is 6.33 Å². The first kappa shape index (κ1) is 7.72. The van der Waals surface area contributed by atoms with Crippen LogP contribution in [-0.2, 0) is 4.74 Å². The van der Waals surface area contributed by atoms with Gasteiger partial charge in [-0.05, 0) is 6.07 Å². The van der Waals surface area contributed by atoms with E-state index in [2.05, 4.69) is 19.7 Å². The van der Waals surface area contributed by atoms with Crippen LogP contribution in [-0.4, -0.2) is 28.0 Å². The first-order chi connectivity index (χ1) is 6.33. The van der Waals surface area contributed by atoms with Crippen molar-refractivity contribution in [3.05, 3.63) is 24.3 Å². The minimum atomic E-state index is -0.463. The van der Waals surface area contributed by atoms with E-state index in [1.54, 1.807) is 12.3 Å². The number of fused-ring (bicyclic) bond motifs is 1. The van der Waals surface area contributed by atoms with Gasteiger partial charge >= 0.3 is 5.97 Å². The molecule has 0 atom stereocenters. The second kappa shape index (κ2) is 2.85. The fraction of sp³-hybridized carbons (Fsp3) is 0.125. The highest BCUT2D eigenvalue weighted by Gasteiger charge is 2.12. The highest BCUT2D eigenvalue weighted by molar-refractivity contribution is 5.99. The SMILES string of the molecule is COC(=O)c1ncnc2cc[nH]c12. The summed E-state index contributed by atoms with van der Waals surface area (Å²) < 4.78 is 4.56. The zero-order valence-electron chi connectivity index (χ0n) is 6.94. The van der Waals surface area contributed by atoms with Gasteiger partial charge in [0.05, 0.1) is 18.1 Å². The number of nitrogens with one attached hydrogen (secondary N) is 1. The van der Waals surface area contributed by atoms with Crippen molar-refractivity contribution in [1.82, 2.24) is 15.0 Å². The van der Waals surface area contributed by atoms with E-state index in [-0.39, 0.29) is 5.69 Å². The smallest absolute Gasteiger partial charge is 0.358 e. The molecule has 5 heteroatoms. The lowest BCUT2D eigenvalue weighted by atomic mass is 10.3. The topological polar surface area (TPSA) is 67.9 Å². The average molecular weight is 177 g/mol. The summed E-state index contributed by atoms with van der Waals surface area (Å²) in [6.07, 6.45) is 3.04. The third kappa shape index (κ3) is 1.14. The molecule has 0 radical (unpaired) electrons. The van der Waals surface area contributed by atoms with Crippen LogP contribution in [0.5, 0.6) is 0 Å². The third-order valence-corrected chi connectivity index (χ3v) is 1.72. The number of carbonyl (C=O) groups excluding carboxylic acids is 1. The lowest BCUT2D eigenvalue weighted by Crippen LogP contribution is -2.05. The number of aromatic nitrogens is 3. The highest BCUT2D eigenvalue weighted by atomic mass is 16.5. The lowest BCUT2D eigenvalue weighted by molar-refractivity contribution is 0.0596. The molecule has 0 unspecified atom stereocenters. The van der Waals surface area contributed by atoms with E-state index in [1.165, 1.54) is 13.4 Å². The van der Waals surface area contributed by atoms with Gasteiger partial charge in [-0.2, -0.15) is 0 Å². The number of esters is 1. The Bertz CT molecular complexity index is 449. The fourth-order valence-corrected chi connectivity index (χ4v) is 1.12. The number of H-pyrrole nitrogens is 1. The maximum atomic E-state index is 11.2. The molecule has 0 saturated carbocycles. The maximum absolute atomic E-state index is 11.2. The zero-order valence-corrected chi connectivity index (χ0v) is 6.94. The molecule has 2 aromatic heterocycles. The standard InChI is InChI=1S/C8H7N3O2/c1-13-8(12)7-6-5(2-3-9-6)10-4-11-7/h2-4,9H,1H3. The van der Waals surface area contributed by atoms with E-state index in [1.807, 2.05) is 0 Å². The van der Waals surface area contributed by atoms with Crippen molar-refractivity contribution >= 4 is 17.0 Å². The predicted molar refractivity (Wildman–Crippen MR) is 45.2 cm³/mol. The number of nitrogens with zero attached hydrogens (tertiary/aromatic N) is 2. The molecule has 0 amide bonds. The Labute approximate surface area is 73.8 Å². The van der Waals surface area contributed by atoms with Gasteiger partial charge in [0.25, 0.3) is 0 Å². The van der Waals surface area contributed by atoms with Crippen LogP contribution < -0.4 is 0 Å². The molecule has 0 aliphatic heterocycles. The van der Waals surface area contributed by atoms with Crippen LogP contribution in [0.4, 0.5) is 0 Å². The molecule has 13 heavy (non-hydrogen) atoms. The van der Waals surface area contributed by atoms with Crippen molar-refractivity contribution < 1.29 is 9.53 Å². The van der Waals surface area contributed by atoms with Gasteiger partial charge in [0.15, 0.2) is 5.69 Å². The molecule has 66 valence electrons. The first-order valence-corrected chi connectivity index (χ1v) is 3.69. The van der Waals surface area contributed by atoms with Crippen molar-refractivity contribution in [2.24, 2.45) is 0 Å². The Balaban J connectivity index is 2.67. The monoisotopic (exact) mass is 177 g/mol. The van der Waals surface area contributed by atoms with Crippen molar-refractivity contribution in [2.75, 3.05) is 7.11 Å². The van der Waals surface area contributed by atoms with Gasteiger partial charge in [0, 0.05) is 6.20 Å². The maximum Gasteiger partial charge on any atom is 0.358 e. The van der Waals surface area contributed by atoms with Crippen LogP contribution in [0.1, 0.15) is 10.5 Å². The number of methoxy groups -OCH3 is 1. The first-order valence-electron chi connectivity index (χ1n) is 3.69. The van der Waals surface area contributed by atoms with Crippen LogP contribution in [0, 0.1) is 0 Å². The minimum Gasteiger partial charge on any atom is -0.464 e. The van der Waals surface area contributed by atoms with Crippen molar-refractivity contribution in [3.63, 3.8) is 0 Å². The summed E-state index contributed by atoms with van der Waals surface area (Å²) in [7, 11) is 1.32. The number of hydrogen-bond acceptors (Lipinski definition) is 4. The molecule has 2 heterocycles. The Hall–Kier alpha value is -1.91. The number of hydrogen-bond donors (Lipinski definition) is 1. The average Bonchev–Trinajstić information content (AvgIpc) is 2.63. The normalized spacial score (nSPS) is 10.2. The van der Waals surface area contributed by atoms with Crippen LogP contribution in [0.15, 0.2) is 18.6 Å². The summed E-state index contributed by atoms with van der Waals surface area (Å²) in [5.74, 6) is -0.463. The quantitative estimate of drug-likeness (QED) is 0.652. The molecule has 5 nitrogen and oxygen atoms in total. The molecule has 0 spiro atoms. The predicted octanol–water partition coefficient (Wildman–Crippen LogP) is 0.744. The number of carbonyl (C=O) groups is 1. The van der Waals surface area contributed by atoms with Crippen molar-refractivity contribution in [1.29, 1.82) is 0 Å². The second-order valence-electron chi connectivity index (χ2n) is 2.45. The summed E-state index contributed by atoms with van der Waals surface area (Å²) in [5, 5.41) is 0. The molecule has 2 rings (SSSR count). The Morgan fingerprint density at radius 3 is 3.15 bits per heavy atom. The summed E-state index contributed by atoms with van der Waals surface area (Å²) >= 11 is 0.